The van der Waals surface area contributed by atoms with E-state index >= 15 is 0 Å². The highest BCUT2D eigenvalue weighted by Gasteiger charge is 2.08. The average molecular weight is 237 g/mol. The molecule has 0 unspecified atom stereocenters. The summed E-state index contributed by atoms with van der Waals surface area (Å²) < 4.78 is 1.79. The Labute approximate surface area is 99.2 Å². The van der Waals surface area contributed by atoms with E-state index in [4.69, 9.17) is 11.6 Å². The summed E-state index contributed by atoms with van der Waals surface area (Å²) in [7, 11) is 1.89. The van der Waals surface area contributed by atoms with Gasteiger partial charge in [-0.15, -0.1) is 5.10 Å². The first-order chi connectivity index (χ1) is 7.72. The van der Waals surface area contributed by atoms with Crippen molar-refractivity contribution in [2.24, 2.45) is 0 Å². The van der Waals surface area contributed by atoms with Gasteiger partial charge >= 0.3 is 0 Å². The summed E-state index contributed by atoms with van der Waals surface area (Å²) in [6, 6.07) is 7.56. The number of hydrogen-bond acceptors (Lipinski definition) is 3. The summed E-state index contributed by atoms with van der Waals surface area (Å²) in [5.74, 6) is 0. The van der Waals surface area contributed by atoms with Crippen molar-refractivity contribution in [1.29, 1.82) is 0 Å². The van der Waals surface area contributed by atoms with Gasteiger partial charge in [0.05, 0.1) is 17.1 Å². The van der Waals surface area contributed by atoms with Crippen LogP contribution < -0.4 is 5.32 Å². The third kappa shape index (κ3) is 2.08. The van der Waals surface area contributed by atoms with E-state index in [0.29, 0.717) is 11.6 Å². The lowest BCUT2D eigenvalue weighted by atomic mass is 10.3. The Kier molecular flexibility index (Phi) is 3.22. The van der Waals surface area contributed by atoms with Crippen LogP contribution in [0.3, 0.4) is 0 Å². The molecule has 0 saturated carbocycles. The van der Waals surface area contributed by atoms with Gasteiger partial charge in [-0.25, -0.2) is 4.68 Å². The minimum absolute atomic E-state index is 0.697. The molecule has 0 aliphatic carbocycles. The van der Waals surface area contributed by atoms with Gasteiger partial charge in [0.15, 0.2) is 0 Å². The van der Waals surface area contributed by atoms with Crippen LogP contribution in [0.1, 0.15) is 11.4 Å². The SMILES string of the molecule is CNCc1nnn(-c2cccc(Cl)c2)c1C. The topological polar surface area (TPSA) is 42.7 Å². The summed E-state index contributed by atoms with van der Waals surface area (Å²) in [6.45, 7) is 2.71. The van der Waals surface area contributed by atoms with Gasteiger partial charge in [-0.05, 0) is 32.2 Å². The van der Waals surface area contributed by atoms with Crippen LogP contribution in [0.15, 0.2) is 24.3 Å². The fourth-order valence-corrected chi connectivity index (χ4v) is 1.73. The van der Waals surface area contributed by atoms with E-state index in [0.717, 1.165) is 17.1 Å². The standard InChI is InChI=1S/C11H13ClN4/c1-8-11(7-13-2)14-15-16(8)10-5-3-4-9(12)6-10/h3-6,13H,7H2,1-2H3. The Morgan fingerprint density at radius 1 is 1.44 bits per heavy atom. The predicted molar refractivity (Wildman–Crippen MR) is 63.9 cm³/mol. The second-order valence-corrected chi connectivity index (χ2v) is 3.98. The van der Waals surface area contributed by atoms with Crippen molar-refractivity contribution in [2.75, 3.05) is 7.05 Å². The molecule has 0 spiro atoms. The summed E-state index contributed by atoms with van der Waals surface area (Å²) in [5, 5.41) is 12.0. The van der Waals surface area contributed by atoms with Crippen molar-refractivity contribution >= 4 is 11.6 Å². The average Bonchev–Trinajstić information content (AvgIpc) is 2.61. The zero-order valence-corrected chi connectivity index (χ0v) is 9.99. The van der Waals surface area contributed by atoms with Crippen molar-refractivity contribution in [3.05, 3.63) is 40.7 Å². The number of rotatable bonds is 3. The number of benzene rings is 1. The van der Waals surface area contributed by atoms with Gasteiger partial charge in [0.25, 0.3) is 0 Å². The molecule has 0 bridgehead atoms. The molecule has 1 aromatic carbocycles. The Bertz CT molecular complexity index is 492. The minimum atomic E-state index is 0.697. The fraction of sp³-hybridized carbons (Fsp3) is 0.273. The maximum absolute atomic E-state index is 5.94. The van der Waals surface area contributed by atoms with Crippen LogP contribution in [0.2, 0.25) is 5.02 Å². The highest BCUT2D eigenvalue weighted by atomic mass is 35.5. The fourth-order valence-electron chi connectivity index (χ4n) is 1.54. The Morgan fingerprint density at radius 2 is 2.25 bits per heavy atom. The minimum Gasteiger partial charge on any atom is -0.314 e. The molecule has 2 rings (SSSR count). The normalized spacial score (nSPS) is 10.7. The van der Waals surface area contributed by atoms with E-state index < -0.39 is 0 Å². The third-order valence-electron chi connectivity index (χ3n) is 2.39. The highest BCUT2D eigenvalue weighted by molar-refractivity contribution is 6.30. The van der Waals surface area contributed by atoms with Gasteiger partial charge in [-0.1, -0.05) is 22.9 Å². The molecule has 84 valence electrons. The number of hydrogen-bond donors (Lipinski definition) is 1. The Balaban J connectivity index is 2.41. The van der Waals surface area contributed by atoms with Crippen LogP contribution in [0.25, 0.3) is 5.69 Å². The summed E-state index contributed by atoms with van der Waals surface area (Å²) >= 11 is 5.94. The number of halogens is 1. The lowest BCUT2D eigenvalue weighted by Gasteiger charge is -2.03. The number of nitrogens with zero attached hydrogens (tertiary/aromatic N) is 3. The molecule has 0 radical (unpaired) electrons. The summed E-state index contributed by atoms with van der Waals surface area (Å²) in [6.07, 6.45) is 0. The largest absolute Gasteiger partial charge is 0.314 e. The molecule has 0 amide bonds. The molecule has 4 nitrogen and oxygen atoms in total. The smallest absolute Gasteiger partial charge is 0.0998 e. The van der Waals surface area contributed by atoms with Gasteiger partial charge < -0.3 is 5.32 Å². The van der Waals surface area contributed by atoms with Gasteiger partial charge in [-0.3, -0.25) is 0 Å². The van der Waals surface area contributed by atoms with Crippen molar-refractivity contribution in [3.63, 3.8) is 0 Å². The summed E-state index contributed by atoms with van der Waals surface area (Å²) in [5.41, 5.74) is 2.90. The first-order valence-electron chi connectivity index (χ1n) is 5.04. The second kappa shape index (κ2) is 4.63. The van der Waals surface area contributed by atoms with Crippen molar-refractivity contribution in [3.8, 4) is 5.69 Å². The molecule has 0 saturated heterocycles. The third-order valence-corrected chi connectivity index (χ3v) is 2.62. The van der Waals surface area contributed by atoms with E-state index in [1.54, 1.807) is 4.68 Å². The first-order valence-corrected chi connectivity index (χ1v) is 5.42. The maximum Gasteiger partial charge on any atom is 0.0998 e. The quantitative estimate of drug-likeness (QED) is 0.886. The second-order valence-electron chi connectivity index (χ2n) is 3.54. The van der Waals surface area contributed by atoms with Crippen LogP contribution in [0.5, 0.6) is 0 Å². The van der Waals surface area contributed by atoms with Crippen molar-refractivity contribution in [1.82, 2.24) is 20.3 Å². The van der Waals surface area contributed by atoms with E-state index in [2.05, 4.69) is 15.6 Å². The number of aromatic nitrogens is 3. The Morgan fingerprint density at radius 3 is 2.94 bits per heavy atom. The zero-order chi connectivity index (χ0) is 11.5. The maximum atomic E-state index is 5.94. The van der Waals surface area contributed by atoms with Crippen molar-refractivity contribution < 1.29 is 0 Å². The van der Waals surface area contributed by atoms with Gasteiger partial charge in [0.1, 0.15) is 0 Å². The van der Waals surface area contributed by atoms with Crippen LogP contribution >= 0.6 is 11.6 Å². The molecule has 1 N–H and O–H groups in total. The van der Waals surface area contributed by atoms with Gasteiger partial charge in [0.2, 0.25) is 0 Å². The molecule has 0 aliphatic heterocycles. The summed E-state index contributed by atoms with van der Waals surface area (Å²) in [4.78, 5) is 0. The van der Waals surface area contributed by atoms with Crippen LogP contribution in [-0.4, -0.2) is 22.0 Å². The van der Waals surface area contributed by atoms with E-state index in [1.807, 2.05) is 38.2 Å². The molecule has 0 atom stereocenters. The predicted octanol–water partition coefficient (Wildman–Crippen LogP) is 1.95. The molecular weight excluding hydrogens is 224 g/mol. The molecule has 0 aliphatic rings. The molecule has 5 heteroatoms. The van der Waals surface area contributed by atoms with E-state index in [9.17, 15) is 0 Å². The van der Waals surface area contributed by atoms with Crippen LogP contribution in [0.4, 0.5) is 0 Å². The molecular formula is C11H13ClN4. The monoisotopic (exact) mass is 236 g/mol. The molecule has 0 fully saturated rings. The lowest BCUT2D eigenvalue weighted by Crippen LogP contribution is -2.07. The van der Waals surface area contributed by atoms with Gasteiger partial charge in [0, 0.05) is 11.6 Å². The number of nitrogens with one attached hydrogen (secondary N) is 1. The van der Waals surface area contributed by atoms with E-state index in [1.165, 1.54) is 0 Å². The molecule has 1 heterocycles. The lowest BCUT2D eigenvalue weighted by molar-refractivity contribution is 0.766. The highest BCUT2D eigenvalue weighted by Crippen LogP contribution is 2.16. The van der Waals surface area contributed by atoms with E-state index in [-0.39, 0.29) is 0 Å². The molecule has 16 heavy (non-hydrogen) atoms. The van der Waals surface area contributed by atoms with Gasteiger partial charge in [-0.2, -0.15) is 0 Å². The Hall–Kier alpha value is -1.39. The van der Waals surface area contributed by atoms with Crippen molar-refractivity contribution in [2.45, 2.75) is 13.5 Å². The molecule has 2 aromatic rings. The first kappa shape index (κ1) is 11.1. The molecule has 1 aromatic heterocycles. The zero-order valence-electron chi connectivity index (χ0n) is 9.24. The van der Waals surface area contributed by atoms with Crippen LogP contribution in [-0.2, 0) is 6.54 Å². The van der Waals surface area contributed by atoms with Crippen LogP contribution in [0, 0.1) is 6.92 Å².